The summed E-state index contributed by atoms with van der Waals surface area (Å²) in [6, 6.07) is 3.95. The molecule has 0 N–H and O–H groups in total. The largest absolute Gasteiger partial charge is 0.367 e. The third-order valence-electron chi connectivity index (χ3n) is 4.27. The molecule has 1 aliphatic carbocycles. The van der Waals surface area contributed by atoms with Crippen molar-refractivity contribution in [3.8, 4) is 0 Å². The molecule has 2 rings (SSSR count). The molecule has 1 aromatic rings. The van der Waals surface area contributed by atoms with E-state index >= 15 is 0 Å². The fourth-order valence-corrected chi connectivity index (χ4v) is 3.26. The first kappa shape index (κ1) is 16.1. The van der Waals surface area contributed by atoms with Crippen LogP contribution in [0.25, 0.3) is 0 Å². The minimum atomic E-state index is -0.929. The van der Waals surface area contributed by atoms with Crippen LogP contribution in [0.3, 0.4) is 0 Å². The predicted molar refractivity (Wildman–Crippen MR) is 77.1 cm³/mol. The second-order valence-corrected chi connectivity index (χ2v) is 5.94. The summed E-state index contributed by atoms with van der Waals surface area (Å²) in [6.07, 6.45) is 3.23. The van der Waals surface area contributed by atoms with Crippen molar-refractivity contribution in [3.63, 3.8) is 0 Å². The Morgan fingerprint density at radius 2 is 2.19 bits per heavy atom. The average Bonchev–Trinajstić information content (AvgIpc) is 2.44. The number of carbonyl (C=O) groups is 1. The van der Waals surface area contributed by atoms with Gasteiger partial charge in [-0.1, -0.05) is 25.5 Å². The van der Waals surface area contributed by atoms with Crippen molar-refractivity contribution in [2.45, 2.75) is 51.6 Å². The molecule has 0 amide bonds. The van der Waals surface area contributed by atoms with Crippen LogP contribution in [0.1, 0.15) is 45.1 Å². The van der Waals surface area contributed by atoms with Gasteiger partial charge in [0.1, 0.15) is 5.60 Å². The van der Waals surface area contributed by atoms with Crippen molar-refractivity contribution in [2.24, 2.45) is 5.92 Å². The van der Waals surface area contributed by atoms with E-state index in [1.807, 2.05) is 6.92 Å². The summed E-state index contributed by atoms with van der Waals surface area (Å²) in [5.41, 5.74) is -0.720. The van der Waals surface area contributed by atoms with Gasteiger partial charge in [0.05, 0.1) is 0 Å². The lowest BCUT2D eigenvalue weighted by molar-refractivity contribution is -0.150. The minimum Gasteiger partial charge on any atom is -0.367 e. The molecule has 0 aromatic heterocycles. The van der Waals surface area contributed by atoms with Crippen molar-refractivity contribution < 1.29 is 18.3 Å². The molecule has 0 bridgehead atoms. The SMILES string of the molecule is CCOC1(C(=O)Cc2cccc(F)c2F)CCCC(C)C1. The van der Waals surface area contributed by atoms with E-state index in [4.69, 9.17) is 4.74 Å². The minimum absolute atomic E-state index is 0.109. The Balaban J connectivity index is 2.21. The van der Waals surface area contributed by atoms with Gasteiger partial charge in [0.2, 0.25) is 0 Å². The summed E-state index contributed by atoms with van der Waals surface area (Å²) in [4.78, 5) is 12.7. The molecular formula is C17H22F2O2. The van der Waals surface area contributed by atoms with E-state index in [1.54, 1.807) is 0 Å². The van der Waals surface area contributed by atoms with E-state index in [0.717, 1.165) is 18.9 Å². The zero-order chi connectivity index (χ0) is 15.5. The Morgan fingerprint density at radius 3 is 2.86 bits per heavy atom. The van der Waals surface area contributed by atoms with Crippen LogP contribution in [-0.2, 0) is 16.0 Å². The van der Waals surface area contributed by atoms with Gasteiger partial charge >= 0.3 is 0 Å². The number of rotatable bonds is 5. The van der Waals surface area contributed by atoms with E-state index in [-0.39, 0.29) is 17.8 Å². The highest BCUT2D eigenvalue weighted by Gasteiger charge is 2.42. The Bertz CT molecular complexity index is 512. The first-order valence-electron chi connectivity index (χ1n) is 7.58. The maximum atomic E-state index is 13.7. The van der Waals surface area contributed by atoms with Gasteiger partial charge in [0, 0.05) is 13.0 Å². The Labute approximate surface area is 124 Å². The van der Waals surface area contributed by atoms with Crippen molar-refractivity contribution in [1.29, 1.82) is 0 Å². The smallest absolute Gasteiger partial charge is 0.169 e. The van der Waals surface area contributed by atoms with Gasteiger partial charge in [-0.15, -0.1) is 0 Å². The van der Waals surface area contributed by atoms with Gasteiger partial charge in [-0.2, -0.15) is 0 Å². The Morgan fingerprint density at radius 1 is 1.43 bits per heavy atom. The van der Waals surface area contributed by atoms with E-state index in [0.29, 0.717) is 25.4 Å². The van der Waals surface area contributed by atoms with Gasteiger partial charge < -0.3 is 4.74 Å². The van der Waals surface area contributed by atoms with Gasteiger partial charge in [-0.25, -0.2) is 8.78 Å². The number of hydrogen-bond donors (Lipinski definition) is 0. The number of hydrogen-bond acceptors (Lipinski definition) is 2. The fourth-order valence-electron chi connectivity index (χ4n) is 3.26. The van der Waals surface area contributed by atoms with Gasteiger partial charge in [-0.05, 0) is 43.7 Å². The molecule has 1 aliphatic rings. The van der Waals surface area contributed by atoms with Crippen LogP contribution < -0.4 is 0 Å². The first-order chi connectivity index (χ1) is 9.98. The molecule has 0 radical (unpaired) electrons. The highest BCUT2D eigenvalue weighted by Crippen LogP contribution is 2.37. The zero-order valence-corrected chi connectivity index (χ0v) is 12.6. The molecule has 0 saturated heterocycles. The van der Waals surface area contributed by atoms with E-state index < -0.39 is 17.2 Å². The topological polar surface area (TPSA) is 26.3 Å². The molecule has 1 aromatic carbocycles. The van der Waals surface area contributed by atoms with Gasteiger partial charge in [0.15, 0.2) is 17.4 Å². The summed E-state index contributed by atoms with van der Waals surface area (Å²) in [5.74, 6) is -1.57. The Hall–Kier alpha value is -1.29. The van der Waals surface area contributed by atoms with Crippen molar-refractivity contribution in [2.75, 3.05) is 6.61 Å². The van der Waals surface area contributed by atoms with Crippen LogP contribution >= 0.6 is 0 Å². The van der Waals surface area contributed by atoms with E-state index in [2.05, 4.69) is 6.92 Å². The molecule has 0 spiro atoms. The number of benzene rings is 1. The molecule has 0 heterocycles. The van der Waals surface area contributed by atoms with Crippen molar-refractivity contribution >= 4 is 5.78 Å². The highest BCUT2D eigenvalue weighted by molar-refractivity contribution is 5.89. The number of ether oxygens (including phenoxy) is 1. The predicted octanol–water partition coefficient (Wildman–Crippen LogP) is 4.06. The normalized spacial score (nSPS) is 25.8. The third-order valence-corrected chi connectivity index (χ3v) is 4.27. The number of Topliss-reactive ketones (excluding diaryl/α,β-unsaturated/α-hetero) is 1. The number of halogens is 2. The quantitative estimate of drug-likeness (QED) is 0.819. The van der Waals surface area contributed by atoms with E-state index in [9.17, 15) is 13.6 Å². The van der Waals surface area contributed by atoms with Crippen molar-refractivity contribution in [3.05, 3.63) is 35.4 Å². The lowest BCUT2D eigenvalue weighted by Crippen LogP contribution is -2.46. The van der Waals surface area contributed by atoms with Gasteiger partial charge in [0.25, 0.3) is 0 Å². The number of carbonyl (C=O) groups excluding carboxylic acids is 1. The monoisotopic (exact) mass is 296 g/mol. The molecule has 116 valence electrons. The zero-order valence-electron chi connectivity index (χ0n) is 12.6. The number of ketones is 1. The Kier molecular flexibility index (Phi) is 5.09. The molecule has 2 atom stereocenters. The lowest BCUT2D eigenvalue weighted by atomic mass is 9.75. The second-order valence-electron chi connectivity index (χ2n) is 5.94. The van der Waals surface area contributed by atoms with Crippen LogP contribution in [0.4, 0.5) is 8.78 Å². The molecular weight excluding hydrogens is 274 g/mol. The standard InChI is InChI=1S/C17H22F2O2/c1-3-21-17(9-5-6-12(2)11-17)15(20)10-13-7-4-8-14(18)16(13)19/h4,7-8,12H,3,5-6,9-11H2,1-2H3. The summed E-state index contributed by atoms with van der Waals surface area (Å²) < 4.78 is 32.8. The van der Waals surface area contributed by atoms with Crippen LogP contribution in [0.2, 0.25) is 0 Å². The van der Waals surface area contributed by atoms with Crippen LogP contribution in [0.15, 0.2) is 18.2 Å². The van der Waals surface area contributed by atoms with Crippen LogP contribution in [0.5, 0.6) is 0 Å². The summed E-state index contributed by atoms with van der Waals surface area (Å²) in [6.45, 7) is 4.41. The first-order valence-corrected chi connectivity index (χ1v) is 7.58. The summed E-state index contributed by atoms with van der Waals surface area (Å²) in [5, 5.41) is 0. The van der Waals surface area contributed by atoms with Crippen molar-refractivity contribution in [1.82, 2.24) is 0 Å². The van der Waals surface area contributed by atoms with E-state index in [1.165, 1.54) is 12.1 Å². The maximum Gasteiger partial charge on any atom is 0.169 e. The molecule has 1 saturated carbocycles. The van der Waals surface area contributed by atoms with Gasteiger partial charge in [-0.3, -0.25) is 4.79 Å². The highest BCUT2D eigenvalue weighted by atomic mass is 19.2. The fraction of sp³-hybridized carbons (Fsp3) is 0.588. The second kappa shape index (κ2) is 6.65. The third kappa shape index (κ3) is 3.49. The molecule has 21 heavy (non-hydrogen) atoms. The summed E-state index contributed by atoms with van der Waals surface area (Å²) in [7, 11) is 0. The molecule has 4 heteroatoms. The lowest BCUT2D eigenvalue weighted by Gasteiger charge is -2.38. The molecule has 0 aliphatic heterocycles. The average molecular weight is 296 g/mol. The molecule has 2 nitrogen and oxygen atoms in total. The molecule has 1 fully saturated rings. The van der Waals surface area contributed by atoms with Crippen LogP contribution in [-0.4, -0.2) is 18.0 Å². The van der Waals surface area contributed by atoms with Crippen LogP contribution in [0, 0.1) is 17.6 Å². The maximum absolute atomic E-state index is 13.7. The molecule has 2 unspecified atom stereocenters. The summed E-state index contributed by atoms with van der Waals surface area (Å²) >= 11 is 0.